The number of para-hydroxylation sites is 1. The summed E-state index contributed by atoms with van der Waals surface area (Å²) in [6.45, 7) is 4.12. The van der Waals surface area contributed by atoms with Gasteiger partial charge >= 0.3 is 0 Å². The molecule has 2 N–H and O–H groups in total. The Morgan fingerprint density at radius 2 is 2.17 bits per heavy atom. The lowest BCUT2D eigenvalue weighted by Crippen LogP contribution is -2.39. The van der Waals surface area contributed by atoms with Crippen LogP contribution in [0.2, 0.25) is 0 Å². The molecule has 118 valence electrons. The molecule has 0 fully saturated rings. The second-order valence-electron chi connectivity index (χ2n) is 5.49. The number of aryl methyl sites for hydroxylation is 1. The summed E-state index contributed by atoms with van der Waals surface area (Å²) in [5.74, 6) is -0.387. The van der Waals surface area contributed by atoms with Gasteiger partial charge in [-0.15, -0.1) is 0 Å². The van der Waals surface area contributed by atoms with Crippen molar-refractivity contribution in [3.8, 4) is 0 Å². The molecule has 0 aliphatic heterocycles. The largest absolute Gasteiger partial charge is 0.348 e. The summed E-state index contributed by atoms with van der Waals surface area (Å²) in [6.07, 6.45) is 3.02. The van der Waals surface area contributed by atoms with Crippen LogP contribution >= 0.6 is 0 Å². The standard InChI is InChI=1S/C16H17N5O2/c1-10(7-21-9-17-8-18-21)19-15(22)14-11(2)12-5-3-4-6-13(12)20-16(14)23/h3-6,8-10H,7H2,1-2H3,(H,19,22)(H,20,23). The number of nitrogens with one attached hydrogen (secondary N) is 2. The zero-order valence-electron chi connectivity index (χ0n) is 12.9. The quantitative estimate of drug-likeness (QED) is 0.758. The van der Waals surface area contributed by atoms with Crippen molar-refractivity contribution in [2.45, 2.75) is 26.4 Å². The van der Waals surface area contributed by atoms with E-state index in [1.54, 1.807) is 17.9 Å². The van der Waals surface area contributed by atoms with Crippen LogP contribution < -0.4 is 10.9 Å². The minimum atomic E-state index is -0.387. The number of H-pyrrole nitrogens is 1. The van der Waals surface area contributed by atoms with Gasteiger partial charge in [-0.25, -0.2) is 4.98 Å². The summed E-state index contributed by atoms with van der Waals surface area (Å²) in [5, 5.41) is 7.69. The van der Waals surface area contributed by atoms with Crippen molar-refractivity contribution in [1.29, 1.82) is 0 Å². The molecular formula is C16H17N5O2. The predicted octanol–water partition coefficient (Wildman–Crippen LogP) is 1.25. The monoisotopic (exact) mass is 311 g/mol. The number of hydrogen-bond acceptors (Lipinski definition) is 4. The molecular weight excluding hydrogens is 294 g/mol. The van der Waals surface area contributed by atoms with E-state index in [9.17, 15) is 9.59 Å². The smallest absolute Gasteiger partial charge is 0.261 e. The summed E-state index contributed by atoms with van der Waals surface area (Å²) < 4.78 is 1.63. The molecule has 0 saturated carbocycles. The first-order valence-electron chi connectivity index (χ1n) is 7.31. The Hall–Kier alpha value is -2.96. The minimum absolute atomic E-state index is 0.147. The number of aromatic amines is 1. The van der Waals surface area contributed by atoms with Gasteiger partial charge in [0.15, 0.2) is 0 Å². The zero-order chi connectivity index (χ0) is 16.4. The zero-order valence-corrected chi connectivity index (χ0v) is 12.9. The maximum absolute atomic E-state index is 12.5. The van der Waals surface area contributed by atoms with Gasteiger partial charge in [0, 0.05) is 16.9 Å². The molecule has 0 aliphatic carbocycles. The summed E-state index contributed by atoms with van der Waals surface area (Å²) in [5.41, 5.74) is 1.16. The fourth-order valence-corrected chi connectivity index (χ4v) is 2.63. The normalized spacial score (nSPS) is 12.3. The lowest BCUT2D eigenvalue weighted by Gasteiger charge is -2.15. The molecule has 3 aromatic rings. The molecule has 3 rings (SSSR count). The highest BCUT2D eigenvalue weighted by molar-refractivity contribution is 5.99. The van der Waals surface area contributed by atoms with Gasteiger partial charge in [0.05, 0.1) is 6.54 Å². The molecule has 2 aromatic heterocycles. The van der Waals surface area contributed by atoms with Crippen LogP contribution in [0, 0.1) is 6.92 Å². The highest BCUT2D eigenvalue weighted by atomic mass is 16.2. The maximum Gasteiger partial charge on any atom is 0.261 e. The first kappa shape index (κ1) is 15.0. The molecule has 7 nitrogen and oxygen atoms in total. The van der Waals surface area contributed by atoms with E-state index in [2.05, 4.69) is 20.4 Å². The number of pyridine rings is 1. The number of nitrogens with zero attached hydrogens (tertiary/aromatic N) is 3. The number of fused-ring (bicyclic) bond motifs is 1. The topological polar surface area (TPSA) is 92.7 Å². The summed E-state index contributed by atoms with van der Waals surface area (Å²) in [7, 11) is 0. The Morgan fingerprint density at radius 1 is 1.39 bits per heavy atom. The van der Waals surface area contributed by atoms with Crippen LogP contribution in [0.4, 0.5) is 0 Å². The van der Waals surface area contributed by atoms with E-state index in [1.165, 1.54) is 6.33 Å². The average molecular weight is 311 g/mol. The molecule has 0 bridgehead atoms. The van der Waals surface area contributed by atoms with E-state index in [1.807, 2.05) is 31.2 Å². The van der Waals surface area contributed by atoms with Crippen molar-refractivity contribution in [2.24, 2.45) is 0 Å². The van der Waals surface area contributed by atoms with E-state index in [-0.39, 0.29) is 23.1 Å². The van der Waals surface area contributed by atoms with Gasteiger partial charge < -0.3 is 10.3 Å². The lowest BCUT2D eigenvalue weighted by atomic mass is 10.0. The van der Waals surface area contributed by atoms with Gasteiger partial charge in [-0.1, -0.05) is 18.2 Å². The van der Waals surface area contributed by atoms with Gasteiger partial charge in [-0.05, 0) is 25.5 Å². The molecule has 0 radical (unpaired) electrons. The van der Waals surface area contributed by atoms with E-state index in [0.29, 0.717) is 12.1 Å². The molecule has 1 aromatic carbocycles. The number of amides is 1. The highest BCUT2D eigenvalue weighted by Crippen LogP contribution is 2.16. The third-order valence-electron chi connectivity index (χ3n) is 3.71. The minimum Gasteiger partial charge on any atom is -0.348 e. The Labute approximate surface area is 132 Å². The fraction of sp³-hybridized carbons (Fsp3) is 0.250. The molecule has 0 aliphatic rings. The Bertz CT molecular complexity index is 898. The molecule has 23 heavy (non-hydrogen) atoms. The lowest BCUT2D eigenvalue weighted by molar-refractivity contribution is 0.0934. The highest BCUT2D eigenvalue weighted by Gasteiger charge is 2.18. The van der Waals surface area contributed by atoms with Crippen molar-refractivity contribution >= 4 is 16.8 Å². The Kier molecular flexibility index (Phi) is 3.92. The van der Waals surface area contributed by atoms with Crippen molar-refractivity contribution in [3.05, 3.63) is 58.4 Å². The SMILES string of the molecule is Cc1c(C(=O)NC(C)Cn2cncn2)c(=O)[nH]c2ccccc12. The van der Waals surface area contributed by atoms with Gasteiger partial charge in [0.2, 0.25) is 0 Å². The van der Waals surface area contributed by atoms with E-state index in [0.717, 1.165) is 10.9 Å². The van der Waals surface area contributed by atoms with Gasteiger partial charge in [-0.2, -0.15) is 5.10 Å². The number of benzene rings is 1. The number of aromatic nitrogens is 4. The van der Waals surface area contributed by atoms with Crippen molar-refractivity contribution in [1.82, 2.24) is 25.1 Å². The van der Waals surface area contributed by atoms with Crippen LogP contribution in [-0.4, -0.2) is 31.7 Å². The third-order valence-corrected chi connectivity index (χ3v) is 3.71. The van der Waals surface area contributed by atoms with Crippen molar-refractivity contribution in [3.63, 3.8) is 0 Å². The predicted molar refractivity (Wildman–Crippen MR) is 86.3 cm³/mol. The van der Waals surface area contributed by atoms with Crippen LogP contribution in [0.15, 0.2) is 41.7 Å². The summed E-state index contributed by atoms with van der Waals surface area (Å²) >= 11 is 0. The Balaban J connectivity index is 1.87. The van der Waals surface area contributed by atoms with Gasteiger partial charge in [0.1, 0.15) is 18.2 Å². The first-order valence-corrected chi connectivity index (χ1v) is 7.31. The summed E-state index contributed by atoms with van der Waals surface area (Å²) in [4.78, 5) is 31.4. The van der Waals surface area contributed by atoms with Crippen LogP contribution in [0.5, 0.6) is 0 Å². The van der Waals surface area contributed by atoms with Crippen molar-refractivity contribution < 1.29 is 4.79 Å². The number of carbonyl (C=O) groups excluding carboxylic acids is 1. The molecule has 0 spiro atoms. The second-order valence-corrected chi connectivity index (χ2v) is 5.49. The van der Waals surface area contributed by atoms with E-state index in [4.69, 9.17) is 0 Å². The molecule has 1 amide bonds. The van der Waals surface area contributed by atoms with Crippen LogP contribution in [0.3, 0.4) is 0 Å². The average Bonchev–Trinajstić information content (AvgIpc) is 2.99. The van der Waals surface area contributed by atoms with Crippen LogP contribution in [-0.2, 0) is 6.54 Å². The molecule has 7 heteroatoms. The van der Waals surface area contributed by atoms with E-state index < -0.39 is 0 Å². The molecule has 1 atom stereocenters. The number of rotatable bonds is 4. The van der Waals surface area contributed by atoms with Gasteiger partial charge in [-0.3, -0.25) is 14.3 Å². The Morgan fingerprint density at radius 3 is 2.91 bits per heavy atom. The van der Waals surface area contributed by atoms with E-state index >= 15 is 0 Å². The number of hydrogen-bond donors (Lipinski definition) is 2. The van der Waals surface area contributed by atoms with Gasteiger partial charge in [0.25, 0.3) is 11.5 Å². The third kappa shape index (κ3) is 2.98. The second kappa shape index (κ2) is 6.04. The molecule has 0 saturated heterocycles. The first-order chi connectivity index (χ1) is 11.1. The van der Waals surface area contributed by atoms with Crippen LogP contribution in [0.25, 0.3) is 10.9 Å². The molecule has 1 unspecified atom stereocenters. The summed E-state index contributed by atoms with van der Waals surface area (Å²) in [6, 6.07) is 7.24. The number of carbonyl (C=O) groups is 1. The van der Waals surface area contributed by atoms with Crippen LogP contribution in [0.1, 0.15) is 22.8 Å². The van der Waals surface area contributed by atoms with Crippen molar-refractivity contribution in [2.75, 3.05) is 0 Å². The molecule has 2 heterocycles. The maximum atomic E-state index is 12.5. The fourth-order valence-electron chi connectivity index (χ4n) is 2.63.